The third kappa shape index (κ3) is 4.06. The Morgan fingerprint density at radius 2 is 1.35 bits per heavy atom. The largest absolute Gasteiger partial charge is 0.255 e. The van der Waals surface area contributed by atoms with Gasteiger partial charge in [0, 0.05) is 9.88 Å². The van der Waals surface area contributed by atoms with Crippen molar-refractivity contribution in [3.8, 4) is 0 Å². The molecular formula is C15H8BrF5OS. The molecule has 1 nitrogen and oxygen atoms in total. The average Bonchev–Trinajstić information content (AvgIpc) is 2.53. The van der Waals surface area contributed by atoms with Crippen molar-refractivity contribution in [2.45, 2.75) is 5.75 Å². The normalized spacial score (nSPS) is 12.8. The highest BCUT2D eigenvalue weighted by molar-refractivity contribution is 9.10. The van der Waals surface area contributed by atoms with Gasteiger partial charge >= 0.3 is 0 Å². The molecule has 23 heavy (non-hydrogen) atoms. The Morgan fingerprint density at radius 1 is 0.870 bits per heavy atom. The van der Waals surface area contributed by atoms with Gasteiger partial charge in [0.1, 0.15) is 0 Å². The van der Waals surface area contributed by atoms with Crippen LogP contribution in [-0.2, 0) is 16.6 Å². The molecule has 0 aliphatic carbocycles. The summed E-state index contributed by atoms with van der Waals surface area (Å²) in [5, 5.41) is 0.889. The van der Waals surface area contributed by atoms with Crippen LogP contribution in [0.25, 0.3) is 6.08 Å². The number of halogens is 6. The van der Waals surface area contributed by atoms with E-state index < -0.39 is 45.4 Å². The van der Waals surface area contributed by atoms with E-state index >= 15 is 0 Å². The topological polar surface area (TPSA) is 17.1 Å². The number of hydrogen-bond acceptors (Lipinski definition) is 1. The molecule has 0 aliphatic heterocycles. The number of benzene rings is 2. The molecule has 0 aromatic heterocycles. The van der Waals surface area contributed by atoms with Gasteiger partial charge in [-0.2, -0.15) is 0 Å². The molecule has 2 aromatic carbocycles. The van der Waals surface area contributed by atoms with E-state index in [1.807, 2.05) is 0 Å². The van der Waals surface area contributed by atoms with Crippen LogP contribution in [-0.4, -0.2) is 4.21 Å². The van der Waals surface area contributed by atoms with Crippen molar-refractivity contribution in [3.63, 3.8) is 0 Å². The molecule has 2 aromatic rings. The molecule has 0 N–H and O–H groups in total. The minimum atomic E-state index is -2.23. The molecule has 122 valence electrons. The first-order chi connectivity index (χ1) is 10.8. The first-order valence-electron chi connectivity index (χ1n) is 6.12. The summed E-state index contributed by atoms with van der Waals surface area (Å²) in [6, 6.07) is 6.82. The summed E-state index contributed by atoms with van der Waals surface area (Å²) in [7, 11) is -1.68. The first-order valence-corrected chi connectivity index (χ1v) is 8.30. The fourth-order valence-corrected chi connectivity index (χ4v) is 2.87. The highest BCUT2D eigenvalue weighted by atomic mass is 79.9. The minimum Gasteiger partial charge on any atom is -0.255 e. The predicted octanol–water partition coefficient (Wildman–Crippen LogP) is 5.06. The van der Waals surface area contributed by atoms with E-state index in [4.69, 9.17) is 0 Å². The van der Waals surface area contributed by atoms with E-state index in [9.17, 15) is 26.2 Å². The molecule has 0 aliphatic rings. The van der Waals surface area contributed by atoms with Gasteiger partial charge in [0.15, 0.2) is 23.3 Å². The van der Waals surface area contributed by atoms with Crippen LogP contribution in [0.5, 0.6) is 0 Å². The quantitative estimate of drug-likeness (QED) is 0.391. The van der Waals surface area contributed by atoms with Crippen molar-refractivity contribution < 1.29 is 26.2 Å². The molecule has 0 heterocycles. The molecule has 8 heteroatoms. The Kier molecular flexibility index (Phi) is 5.69. The monoisotopic (exact) mass is 410 g/mol. The van der Waals surface area contributed by atoms with Crippen molar-refractivity contribution in [1.29, 1.82) is 0 Å². The Balaban J connectivity index is 2.23. The fourth-order valence-electron chi connectivity index (χ4n) is 1.71. The van der Waals surface area contributed by atoms with Crippen molar-refractivity contribution in [3.05, 3.63) is 74.4 Å². The lowest BCUT2D eigenvalue weighted by atomic mass is 10.1. The number of rotatable bonds is 4. The minimum absolute atomic E-state index is 0.0409. The summed E-state index contributed by atoms with van der Waals surface area (Å²) in [6.45, 7) is 0. The average molecular weight is 411 g/mol. The maximum Gasteiger partial charge on any atom is 0.200 e. The summed E-state index contributed by atoms with van der Waals surface area (Å²) >= 11 is 3.23. The zero-order valence-corrected chi connectivity index (χ0v) is 13.7. The molecule has 1 unspecified atom stereocenters. The van der Waals surface area contributed by atoms with Crippen LogP contribution in [0.15, 0.2) is 34.1 Å². The fraction of sp³-hybridized carbons (Fsp3) is 0.0667. The summed E-state index contributed by atoms with van der Waals surface area (Å²) in [5.41, 5.74) is -0.431. The van der Waals surface area contributed by atoms with E-state index in [0.29, 0.717) is 11.6 Å². The molecule has 0 spiro atoms. The van der Waals surface area contributed by atoms with E-state index in [1.165, 1.54) is 0 Å². The third-order valence-electron chi connectivity index (χ3n) is 2.85. The van der Waals surface area contributed by atoms with Crippen LogP contribution in [0.4, 0.5) is 22.0 Å². The van der Waals surface area contributed by atoms with E-state index in [-0.39, 0.29) is 5.75 Å². The molecule has 0 radical (unpaired) electrons. The van der Waals surface area contributed by atoms with E-state index in [1.54, 1.807) is 24.3 Å². The highest BCUT2D eigenvalue weighted by Crippen LogP contribution is 2.24. The Bertz CT molecular complexity index is 760. The lowest BCUT2D eigenvalue weighted by molar-refractivity contribution is 0.377. The van der Waals surface area contributed by atoms with Gasteiger partial charge in [0.05, 0.1) is 22.1 Å². The lowest BCUT2D eigenvalue weighted by Gasteiger charge is -2.04. The Hall–Kier alpha value is -1.54. The van der Waals surface area contributed by atoms with Crippen LogP contribution in [0.3, 0.4) is 0 Å². The van der Waals surface area contributed by atoms with Gasteiger partial charge in [-0.3, -0.25) is 4.21 Å². The molecule has 0 amide bonds. The Morgan fingerprint density at radius 3 is 1.87 bits per heavy atom. The molecule has 0 saturated carbocycles. The second-order valence-corrected chi connectivity index (χ2v) is 6.68. The smallest absolute Gasteiger partial charge is 0.200 e. The van der Waals surface area contributed by atoms with Crippen LogP contribution >= 0.6 is 15.9 Å². The number of hydrogen-bond donors (Lipinski definition) is 0. The van der Waals surface area contributed by atoms with Crippen molar-refractivity contribution in [2.24, 2.45) is 0 Å². The first kappa shape index (κ1) is 17.8. The van der Waals surface area contributed by atoms with Gasteiger partial charge in [0.25, 0.3) is 0 Å². The SMILES string of the molecule is O=S(C=Cc1c(F)c(F)c(F)c(F)c1F)Cc1ccc(Br)cc1. The van der Waals surface area contributed by atoms with E-state index in [2.05, 4.69) is 15.9 Å². The molecule has 0 fully saturated rings. The van der Waals surface area contributed by atoms with Crippen molar-refractivity contribution in [2.75, 3.05) is 0 Å². The van der Waals surface area contributed by atoms with Gasteiger partial charge in [-0.15, -0.1) is 0 Å². The molecule has 0 saturated heterocycles. The summed E-state index contributed by atoms with van der Waals surface area (Å²) in [4.78, 5) is 0. The third-order valence-corrected chi connectivity index (χ3v) is 4.44. The van der Waals surface area contributed by atoms with Gasteiger partial charge in [-0.25, -0.2) is 22.0 Å². The lowest BCUT2D eigenvalue weighted by Crippen LogP contribution is -2.04. The van der Waals surface area contributed by atoms with Crippen LogP contribution in [0.2, 0.25) is 0 Å². The standard InChI is InChI=1S/C15H8BrF5OS/c16-9-3-1-8(2-4-9)7-23(22)6-5-10-11(17)13(19)15(21)14(20)12(10)18/h1-6H,7H2. The molecule has 1 atom stereocenters. The van der Waals surface area contributed by atoms with E-state index in [0.717, 1.165) is 9.88 Å². The zero-order chi connectivity index (χ0) is 17.1. The predicted molar refractivity (Wildman–Crippen MR) is 81.3 cm³/mol. The summed E-state index contributed by atoms with van der Waals surface area (Å²) in [6.07, 6.45) is 0.630. The second kappa shape index (κ2) is 7.35. The van der Waals surface area contributed by atoms with Crippen LogP contribution < -0.4 is 0 Å². The highest BCUT2D eigenvalue weighted by Gasteiger charge is 2.24. The van der Waals surface area contributed by atoms with Crippen LogP contribution in [0, 0.1) is 29.1 Å². The maximum atomic E-state index is 13.4. The molecule has 0 bridgehead atoms. The van der Waals surface area contributed by atoms with Gasteiger partial charge < -0.3 is 0 Å². The van der Waals surface area contributed by atoms with Gasteiger partial charge in [-0.05, 0) is 23.8 Å². The van der Waals surface area contributed by atoms with Crippen molar-refractivity contribution in [1.82, 2.24) is 0 Å². The molecule has 2 rings (SSSR count). The zero-order valence-electron chi connectivity index (χ0n) is 11.3. The van der Waals surface area contributed by atoms with Gasteiger partial charge in [-0.1, -0.05) is 28.1 Å². The summed E-state index contributed by atoms with van der Waals surface area (Å²) in [5.74, 6) is -10.2. The second-order valence-electron chi connectivity index (χ2n) is 4.44. The van der Waals surface area contributed by atoms with Crippen molar-refractivity contribution >= 4 is 32.8 Å². The maximum absolute atomic E-state index is 13.4. The Labute approximate surface area is 139 Å². The molecular weight excluding hydrogens is 403 g/mol. The summed E-state index contributed by atoms with van der Waals surface area (Å²) < 4.78 is 78.5. The van der Waals surface area contributed by atoms with Gasteiger partial charge in [0.2, 0.25) is 5.82 Å². The van der Waals surface area contributed by atoms with Crippen LogP contribution in [0.1, 0.15) is 11.1 Å².